The highest BCUT2D eigenvalue weighted by Gasteiger charge is 1.99. The summed E-state index contributed by atoms with van der Waals surface area (Å²) in [4.78, 5) is 0. The predicted molar refractivity (Wildman–Crippen MR) is 36.5 cm³/mol. The Morgan fingerprint density at radius 1 is 1.50 bits per heavy atom. The van der Waals surface area contributed by atoms with E-state index in [-0.39, 0.29) is 0 Å². The highest BCUT2D eigenvalue weighted by atomic mass is 14.0. The molecule has 1 unspecified atom stereocenters. The van der Waals surface area contributed by atoms with Crippen LogP contribution in [0.25, 0.3) is 0 Å². The maximum atomic E-state index is 2.35. The van der Waals surface area contributed by atoms with E-state index in [1.54, 1.807) is 0 Å². The van der Waals surface area contributed by atoms with E-state index in [9.17, 15) is 0 Å². The van der Waals surface area contributed by atoms with Gasteiger partial charge in [-0.3, -0.25) is 0 Å². The summed E-state index contributed by atoms with van der Waals surface area (Å²) in [5.74, 6) is 0.814. The molecular formula is C8H13. The van der Waals surface area contributed by atoms with Crippen molar-refractivity contribution in [2.45, 2.75) is 26.2 Å². The Labute approximate surface area is 51.6 Å². The molecule has 0 aliphatic heterocycles. The van der Waals surface area contributed by atoms with Gasteiger partial charge < -0.3 is 0 Å². The first-order valence-electron chi connectivity index (χ1n) is 3.38. The fourth-order valence-corrected chi connectivity index (χ4v) is 1.00. The van der Waals surface area contributed by atoms with E-state index in [1.807, 2.05) is 0 Å². The predicted octanol–water partition coefficient (Wildman–Crippen LogP) is 2.57. The van der Waals surface area contributed by atoms with Gasteiger partial charge in [0.15, 0.2) is 0 Å². The number of hydrogen-bond acceptors (Lipinski definition) is 0. The molecule has 0 aromatic carbocycles. The quantitative estimate of drug-likeness (QED) is 0.419. The van der Waals surface area contributed by atoms with E-state index in [0.29, 0.717) is 0 Å². The van der Waals surface area contributed by atoms with Crippen molar-refractivity contribution in [2.24, 2.45) is 5.92 Å². The van der Waals surface area contributed by atoms with E-state index in [1.165, 1.54) is 19.3 Å². The van der Waals surface area contributed by atoms with E-state index < -0.39 is 0 Å². The molecule has 0 nitrogen and oxygen atoms in total. The SMILES string of the molecule is CC1C=CC[CH]CC1. The van der Waals surface area contributed by atoms with Gasteiger partial charge in [0.05, 0.1) is 0 Å². The van der Waals surface area contributed by atoms with Crippen LogP contribution in [0.1, 0.15) is 26.2 Å². The van der Waals surface area contributed by atoms with Crippen LogP contribution in [0.2, 0.25) is 0 Å². The fourth-order valence-electron chi connectivity index (χ4n) is 1.00. The Morgan fingerprint density at radius 2 is 2.38 bits per heavy atom. The van der Waals surface area contributed by atoms with Crippen LogP contribution in [0.3, 0.4) is 0 Å². The first-order valence-corrected chi connectivity index (χ1v) is 3.38. The zero-order chi connectivity index (χ0) is 5.82. The van der Waals surface area contributed by atoms with Gasteiger partial charge in [-0.25, -0.2) is 0 Å². The molecule has 0 heteroatoms. The van der Waals surface area contributed by atoms with Crippen molar-refractivity contribution in [1.29, 1.82) is 0 Å². The molecule has 1 radical (unpaired) electrons. The van der Waals surface area contributed by atoms with Crippen molar-refractivity contribution >= 4 is 0 Å². The molecule has 0 amide bonds. The third-order valence-electron chi connectivity index (χ3n) is 1.59. The fraction of sp³-hybridized carbons (Fsp3) is 0.625. The van der Waals surface area contributed by atoms with E-state index in [2.05, 4.69) is 25.5 Å². The third kappa shape index (κ3) is 1.69. The van der Waals surface area contributed by atoms with Crippen molar-refractivity contribution in [3.8, 4) is 0 Å². The van der Waals surface area contributed by atoms with Gasteiger partial charge >= 0.3 is 0 Å². The average molecular weight is 109 g/mol. The molecule has 0 bridgehead atoms. The molecule has 0 N–H and O–H groups in total. The average Bonchev–Trinajstić information content (AvgIpc) is 1.94. The minimum absolute atomic E-state index is 0.814. The summed E-state index contributed by atoms with van der Waals surface area (Å²) in [7, 11) is 0. The lowest BCUT2D eigenvalue weighted by Crippen LogP contribution is -1.84. The zero-order valence-corrected chi connectivity index (χ0v) is 5.43. The molecule has 0 saturated heterocycles. The molecule has 0 aromatic heterocycles. The van der Waals surface area contributed by atoms with Gasteiger partial charge in [0.25, 0.3) is 0 Å². The molecule has 45 valence electrons. The molecule has 1 rings (SSSR count). The van der Waals surface area contributed by atoms with Gasteiger partial charge in [0, 0.05) is 0 Å². The van der Waals surface area contributed by atoms with Crippen LogP contribution >= 0.6 is 0 Å². The Bertz CT molecular complexity index is 82.0. The van der Waals surface area contributed by atoms with Crippen LogP contribution in [0.15, 0.2) is 12.2 Å². The summed E-state index contributed by atoms with van der Waals surface area (Å²) in [6.07, 6.45) is 10.7. The Hall–Kier alpha value is -0.260. The molecule has 1 aliphatic carbocycles. The lowest BCUT2D eigenvalue weighted by Gasteiger charge is -1.98. The molecular weight excluding hydrogens is 96.1 g/mol. The molecule has 0 heterocycles. The van der Waals surface area contributed by atoms with Crippen LogP contribution < -0.4 is 0 Å². The molecule has 8 heavy (non-hydrogen) atoms. The summed E-state index contributed by atoms with van der Waals surface area (Å²) in [5.41, 5.74) is 0. The standard InChI is InChI=1S/C8H13/c1-8-6-4-2-3-5-7-8/h2,5,7-8H,3-4,6H2,1H3. The largest absolute Gasteiger partial charge is 0.0880 e. The molecule has 0 aromatic rings. The lowest BCUT2D eigenvalue weighted by atomic mass is 10.1. The van der Waals surface area contributed by atoms with E-state index >= 15 is 0 Å². The maximum Gasteiger partial charge on any atom is -0.0262 e. The van der Waals surface area contributed by atoms with Gasteiger partial charge in [0.1, 0.15) is 0 Å². The Balaban J connectivity index is 2.33. The molecule has 1 aliphatic rings. The molecule has 1 atom stereocenters. The smallest absolute Gasteiger partial charge is 0.0262 e. The summed E-state index contributed by atoms with van der Waals surface area (Å²) >= 11 is 0. The summed E-state index contributed by atoms with van der Waals surface area (Å²) in [5, 5.41) is 0. The minimum Gasteiger partial charge on any atom is -0.0880 e. The number of rotatable bonds is 0. The van der Waals surface area contributed by atoms with Gasteiger partial charge in [-0.1, -0.05) is 19.1 Å². The summed E-state index contributed by atoms with van der Waals surface area (Å²) < 4.78 is 0. The second-order valence-corrected chi connectivity index (χ2v) is 2.51. The highest BCUT2D eigenvalue weighted by molar-refractivity contribution is 4.94. The van der Waals surface area contributed by atoms with Crippen molar-refractivity contribution < 1.29 is 0 Å². The first kappa shape index (κ1) is 5.87. The molecule has 0 spiro atoms. The van der Waals surface area contributed by atoms with Gasteiger partial charge in [-0.2, -0.15) is 0 Å². The lowest BCUT2D eigenvalue weighted by molar-refractivity contribution is 0.651. The Kier molecular flexibility index (Phi) is 2.13. The summed E-state index contributed by atoms with van der Waals surface area (Å²) in [6.45, 7) is 2.27. The second-order valence-electron chi connectivity index (χ2n) is 2.51. The number of hydrogen-bond donors (Lipinski definition) is 0. The van der Waals surface area contributed by atoms with Crippen LogP contribution in [0.5, 0.6) is 0 Å². The van der Waals surface area contributed by atoms with Crippen molar-refractivity contribution in [2.75, 3.05) is 0 Å². The van der Waals surface area contributed by atoms with Crippen LogP contribution in [-0.4, -0.2) is 0 Å². The third-order valence-corrected chi connectivity index (χ3v) is 1.59. The van der Waals surface area contributed by atoms with Crippen LogP contribution in [0, 0.1) is 12.3 Å². The van der Waals surface area contributed by atoms with Gasteiger partial charge in [0.2, 0.25) is 0 Å². The van der Waals surface area contributed by atoms with Gasteiger partial charge in [-0.05, 0) is 31.6 Å². The van der Waals surface area contributed by atoms with E-state index in [4.69, 9.17) is 0 Å². The number of allylic oxidation sites excluding steroid dienone is 2. The normalized spacial score (nSPS) is 29.9. The van der Waals surface area contributed by atoms with Gasteiger partial charge in [-0.15, -0.1) is 0 Å². The second kappa shape index (κ2) is 2.91. The zero-order valence-electron chi connectivity index (χ0n) is 5.43. The van der Waals surface area contributed by atoms with Crippen molar-refractivity contribution in [3.05, 3.63) is 18.6 Å². The van der Waals surface area contributed by atoms with Crippen molar-refractivity contribution in [3.63, 3.8) is 0 Å². The molecule has 0 saturated carbocycles. The molecule has 0 fully saturated rings. The monoisotopic (exact) mass is 109 g/mol. The summed E-state index contributed by atoms with van der Waals surface area (Å²) in [6, 6.07) is 0. The minimum atomic E-state index is 0.814. The van der Waals surface area contributed by atoms with Crippen molar-refractivity contribution in [1.82, 2.24) is 0 Å². The Morgan fingerprint density at radius 3 is 3.25 bits per heavy atom. The van der Waals surface area contributed by atoms with Crippen LogP contribution in [0.4, 0.5) is 0 Å². The highest BCUT2D eigenvalue weighted by Crippen LogP contribution is 2.14. The maximum absolute atomic E-state index is 2.35. The van der Waals surface area contributed by atoms with E-state index in [0.717, 1.165) is 5.92 Å². The topological polar surface area (TPSA) is 0 Å². The van der Waals surface area contributed by atoms with Crippen LogP contribution in [-0.2, 0) is 0 Å². The first-order chi connectivity index (χ1) is 3.89.